The largest absolute Gasteiger partial charge is 0.496 e. The molecule has 0 unspecified atom stereocenters. The Balaban J connectivity index is 1.86. The van der Waals surface area contributed by atoms with Crippen molar-refractivity contribution in [2.45, 2.75) is 30.8 Å². The van der Waals surface area contributed by atoms with Crippen LogP contribution in [0.3, 0.4) is 0 Å². The normalized spacial score (nSPS) is 17.4. The number of nitrogens with zero attached hydrogens (tertiary/aromatic N) is 1. The van der Waals surface area contributed by atoms with Crippen molar-refractivity contribution in [2.24, 2.45) is 0 Å². The highest BCUT2D eigenvalue weighted by Crippen LogP contribution is 2.30. The fraction of sp³-hybridized carbons (Fsp3) is 0.368. The fourth-order valence-corrected chi connectivity index (χ4v) is 4.38. The first kappa shape index (κ1) is 17.8. The van der Waals surface area contributed by atoms with Crippen LogP contribution < -0.4 is 9.62 Å². The molecule has 0 bridgehead atoms. The van der Waals surface area contributed by atoms with Crippen molar-refractivity contribution in [1.29, 1.82) is 0 Å². The number of ether oxygens (including phenoxy) is 1. The minimum Gasteiger partial charge on any atom is -0.496 e. The smallest absolute Gasteiger partial charge is 0.241 e. The maximum Gasteiger partial charge on any atom is 0.241 e. The molecule has 2 aromatic carbocycles. The van der Waals surface area contributed by atoms with Gasteiger partial charge < -0.3 is 9.64 Å². The average Bonchev–Trinajstić information content (AvgIpc) is 3.07. The lowest BCUT2D eigenvalue weighted by atomic mass is 10.1. The van der Waals surface area contributed by atoms with Crippen LogP contribution in [0.5, 0.6) is 0 Å². The van der Waals surface area contributed by atoms with E-state index in [-0.39, 0.29) is 12.6 Å². The van der Waals surface area contributed by atoms with E-state index in [2.05, 4.69) is 11.6 Å². The van der Waals surface area contributed by atoms with Gasteiger partial charge in [-0.05, 0) is 24.1 Å². The van der Waals surface area contributed by atoms with Crippen LogP contribution in [0.25, 0.3) is 10.8 Å². The molecule has 0 saturated heterocycles. The van der Waals surface area contributed by atoms with E-state index in [0.29, 0.717) is 4.90 Å². The quantitative estimate of drug-likeness (QED) is 0.859. The monoisotopic (exact) mass is 360 g/mol. The van der Waals surface area contributed by atoms with Gasteiger partial charge in [-0.2, -0.15) is 0 Å². The van der Waals surface area contributed by atoms with Crippen molar-refractivity contribution < 1.29 is 13.2 Å². The number of anilines is 1. The Bertz CT molecular complexity index is 904. The summed E-state index contributed by atoms with van der Waals surface area (Å²) < 4.78 is 33.9. The molecule has 0 aromatic heterocycles. The SMILES string of the molecule is CCC1=CO[C@H](CNS(=O)(=O)c2cccc3c(N(C)C)cccc23)C1. The van der Waals surface area contributed by atoms with Crippen molar-refractivity contribution in [3.05, 3.63) is 48.2 Å². The highest BCUT2D eigenvalue weighted by molar-refractivity contribution is 7.89. The second-order valence-electron chi connectivity index (χ2n) is 6.47. The first-order valence-electron chi connectivity index (χ1n) is 8.44. The maximum absolute atomic E-state index is 12.8. The molecule has 0 saturated carbocycles. The van der Waals surface area contributed by atoms with E-state index in [0.717, 1.165) is 29.3 Å². The first-order valence-corrected chi connectivity index (χ1v) is 9.93. The highest BCUT2D eigenvalue weighted by atomic mass is 32.2. The molecule has 0 amide bonds. The molecule has 5 nitrogen and oxygen atoms in total. The van der Waals surface area contributed by atoms with Crippen molar-refractivity contribution in [2.75, 3.05) is 25.5 Å². The van der Waals surface area contributed by atoms with Crippen LogP contribution in [0.4, 0.5) is 5.69 Å². The minimum atomic E-state index is -3.61. The Morgan fingerprint density at radius 3 is 2.56 bits per heavy atom. The number of rotatable bonds is 6. The molecule has 0 aliphatic carbocycles. The second-order valence-corrected chi connectivity index (χ2v) is 8.20. The Kier molecular flexibility index (Phi) is 5.01. The van der Waals surface area contributed by atoms with Gasteiger partial charge in [0.05, 0.1) is 11.2 Å². The van der Waals surface area contributed by atoms with E-state index in [1.54, 1.807) is 18.4 Å². The molecule has 134 valence electrons. The van der Waals surface area contributed by atoms with Crippen LogP contribution in [0.15, 0.2) is 53.1 Å². The molecule has 0 spiro atoms. The lowest BCUT2D eigenvalue weighted by Gasteiger charge is -2.17. The number of hydrogen-bond acceptors (Lipinski definition) is 4. The van der Waals surface area contributed by atoms with Gasteiger partial charge in [0, 0.05) is 43.5 Å². The van der Waals surface area contributed by atoms with Crippen LogP contribution in [0.2, 0.25) is 0 Å². The summed E-state index contributed by atoms with van der Waals surface area (Å²) in [5, 5.41) is 1.64. The Morgan fingerprint density at radius 2 is 1.88 bits per heavy atom. The average molecular weight is 360 g/mol. The van der Waals surface area contributed by atoms with Crippen molar-refractivity contribution in [1.82, 2.24) is 4.72 Å². The van der Waals surface area contributed by atoms with E-state index < -0.39 is 10.0 Å². The van der Waals surface area contributed by atoms with Gasteiger partial charge in [-0.15, -0.1) is 0 Å². The highest BCUT2D eigenvalue weighted by Gasteiger charge is 2.23. The molecule has 6 heteroatoms. The number of hydrogen-bond donors (Lipinski definition) is 1. The van der Waals surface area contributed by atoms with E-state index >= 15 is 0 Å². The predicted octanol–water partition coefficient (Wildman–Crippen LogP) is 3.27. The van der Waals surface area contributed by atoms with Crippen LogP contribution in [0.1, 0.15) is 19.8 Å². The van der Waals surface area contributed by atoms with Gasteiger partial charge >= 0.3 is 0 Å². The summed E-state index contributed by atoms with van der Waals surface area (Å²) in [6, 6.07) is 11.1. The molecular formula is C19H24N2O3S. The Morgan fingerprint density at radius 1 is 1.16 bits per heavy atom. The zero-order valence-electron chi connectivity index (χ0n) is 14.8. The number of fused-ring (bicyclic) bond motifs is 1. The molecule has 3 rings (SSSR count). The summed E-state index contributed by atoms with van der Waals surface area (Å²) in [6.07, 6.45) is 3.33. The zero-order valence-corrected chi connectivity index (χ0v) is 15.6. The molecule has 1 aliphatic heterocycles. The number of sulfonamides is 1. The summed E-state index contributed by atoms with van der Waals surface area (Å²) in [6.45, 7) is 2.34. The second kappa shape index (κ2) is 7.06. The van der Waals surface area contributed by atoms with Crippen molar-refractivity contribution in [3.63, 3.8) is 0 Å². The molecule has 0 radical (unpaired) electrons. The summed E-state index contributed by atoms with van der Waals surface area (Å²) in [4.78, 5) is 2.28. The van der Waals surface area contributed by atoms with Crippen molar-refractivity contribution >= 4 is 26.5 Å². The molecule has 25 heavy (non-hydrogen) atoms. The van der Waals surface area contributed by atoms with Crippen LogP contribution in [0, 0.1) is 0 Å². The van der Waals surface area contributed by atoms with Crippen molar-refractivity contribution in [3.8, 4) is 0 Å². The topological polar surface area (TPSA) is 58.6 Å². The third-order valence-corrected chi connectivity index (χ3v) is 5.98. The zero-order chi connectivity index (χ0) is 18.0. The van der Waals surface area contributed by atoms with E-state index in [1.165, 1.54) is 5.57 Å². The number of nitrogens with one attached hydrogen (secondary N) is 1. The lowest BCUT2D eigenvalue weighted by molar-refractivity contribution is 0.174. The molecule has 2 aromatic rings. The predicted molar refractivity (Wildman–Crippen MR) is 101 cm³/mol. The molecule has 1 aliphatic rings. The fourth-order valence-electron chi connectivity index (χ4n) is 3.10. The summed E-state index contributed by atoms with van der Waals surface area (Å²) in [5.74, 6) is 0. The summed E-state index contributed by atoms with van der Waals surface area (Å²) in [7, 11) is 0.284. The van der Waals surface area contributed by atoms with Crippen LogP contribution >= 0.6 is 0 Å². The lowest BCUT2D eigenvalue weighted by Crippen LogP contribution is -2.32. The van der Waals surface area contributed by atoms with Crippen LogP contribution in [-0.4, -0.2) is 35.2 Å². The maximum atomic E-state index is 12.8. The van der Waals surface area contributed by atoms with Gasteiger partial charge in [0.2, 0.25) is 10.0 Å². The minimum absolute atomic E-state index is 0.128. The third kappa shape index (κ3) is 3.65. The first-order chi connectivity index (χ1) is 11.9. The molecular weight excluding hydrogens is 336 g/mol. The van der Waals surface area contributed by atoms with Gasteiger partial charge in [0.15, 0.2) is 0 Å². The van der Waals surface area contributed by atoms with Gasteiger partial charge in [0.1, 0.15) is 6.10 Å². The number of benzene rings is 2. The third-order valence-electron chi connectivity index (χ3n) is 4.50. The summed E-state index contributed by atoms with van der Waals surface area (Å²) in [5.41, 5.74) is 2.20. The van der Waals surface area contributed by atoms with E-state index in [9.17, 15) is 8.42 Å². The van der Waals surface area contributed by atoms with Gasteiger partial charge in [-0.3, -0.25) is 0 Å². The standard InChI is InChI=1S/C19H24N2O3S/c1-4-14-11-15(24-13-14)12-20-25(22,23)19-10-6-7-16-17(19)8-5-9-18(16)21(2)3/h5-10,13,15,20H,4,11-12H2,1-3H3/t15-/m0/s1. The molecule has 1 heterocycles. The summed E-state index contributed by atoms with van der Waals surface area (Å²) >= 11 is 0. The molecule has 0 fully saturated rings. The van der Waals surface area contributed by atoms with E-state index in [4.69, 9.17) is 4.74 Å². The molecule has 1 N–H and O–H groups in total. The Labute approximate surface area is 149 Å². The van der Waals surface area contributed by atoms with Gasteiger partial charge in [-0.1, -0.05) is 31.2 Å². The van der Waals surface area contributed by atoms with E-state index in [1.807, 2.05) is 43.3 Å². The van der Waals surface area contributed by atoms with Gasteiger partial charge in [-0.25, -0.2) is 13.1 Å². The van der Waals surface area contributed by atoms with Gasteiger partial charge in [0.25, 0.3) is 0 Å². The Hall–Kier alpha value is -2.05. The molecule has 1 atom stereocenters. The van der Waals surface area contributed by atoms with Crippen LogP contribution in [-0.2, 0) is 14.8 Å².